The molecule has 0 heterocycles. The van der Waals surface area contributed by atoms with Gasteiger partial charge in [-0.3, -0.25) is 4.79 Å². The number of rotatable bonds is 5. The minimum Gasteiger partial charge on any atom is -0.481 e. The van der Waals surface area contributed by atoms with Crippen LogP contribution in [0.15, 0.2) is 0 Å². The summed E-state index contributed by atoms with van der Waals surface area (Å²) >= 11 is 0. The van der Waals surface area contributed by atoms with E-state index in [1.807, 2.05) is 41.5 Å². The van der Waals surface area contributed by atoms with E-state index < -0.39 is 12.0 Å². The van der Waals surface area contributed by atoms with Gasteiger partial charge in [-0.1, -0.05) is 27.7 Å². The first-order valence-electron chi connectivity index (χ1n) is 6.28. The summed E-state index contributed by atoms with van der Waals surface area (Å²) in [5, 5.41) is 14.5. The maximum absolute atomic E-state index is 11.8. The van der Waals surface area contributed by atoms with Crippen molar-refractivity contribution < 1.29 is 14.7 Å². The highest BCUT2D eigenvalue weighted by atomic mass is 16.4. The first-order chi connectivity index (χ1) is 7.98. The number of aliphatic carboxylic acids is 1. The molecule has 1 unspecified atom stereocenters. The molecule has 0 radical (unpaired) electrons. The van der Waals surface area contributed by atoms with Gasteiger partial charge in [0.1, 0.15) is 0 Å². The van der Waals surface area contributed by atoms with Crippen LogP contribution in [0, 0.1) is 5.41 Å². The molecule has 106 valence electrons. The Balaban J connectivity index is 4.60. The van der Waals surface area contributed by atoms with Gasteiger partial charge in [-0.05, 0) is 25.7 Å². The molecule has 18 heavy (non-hydrogen) atoms. The van der Waals surface area contributed by atoms with Crippen LogP contribution in [-0.4, -0.2) is 28.7 Å². The average Bonchev–Trinajstić information content (AvgIpc) is 2.13. The molecule has 0 aromatic rings. The van der Waals surface area contributed by atoms with Gasteiger partial charge in [-0.2, -0.15) is 0 Å². The Morgan fingerprint density at radius 2 is 1.67 bits per heavy atom. The third kappa shape index (κ3) is 6.47. The van der Waals surface area contributed by atoms with Crippen LogP contribution in [0.1, 0.15) is 54.4 Å². The Morgan fingerprint density at radius 1 is 1.17 bits per heavy atom. The molecule has 5 heteroatoms. The topological polar surface area (TPSA) is 78.4 Å². The summed E-state index contributed by atoms with van der Waals surface area (Å²) in [6.45, 7) is 11.6. The van der Waals surface area contributed by atoms with Crippen LogP contribution in [0.2, 0.25) is 0 Å². The summed E-state index contributed by atoms with van der Waals surface area (Å²) in [5.41, 5.74) is -0.595. The maximum atomic E-state index is 11.8. The monoisotopic (exact) mass is 258 g/mol. The second kappa shape index (κ2) is 6.07. The van der Waals surface area contributed by atoms with Gasteiger partial charge in [-0.15, -0.1) is 0 Å². The number of hydrogen-bond acceptors (Lipinski definition) is 2. The minimum atomic E-state index is -0.912. The van der Waals surface area contributed by atoms with Crippen molar-refractivity contribution >= 4 is 12.0 Å². The van der Waals surface area contributed by atoms with E-state index >= 15 is 0 Å². The molecule has 0 saturated heterocycles. The summed E-state index contributed by atoms with van der Waals surface area (Å²) in [6.07, 6.45) is 0.725. The molecular formula is C13H26N2O3. The van der Waals surface area contributed by atoms with Crippen molar-refractivity contribution in [1.29, 1.82) is 0 Å². The molecule has 0 spiro atoms. The highest BCUT2D eigenvalue weighted by Crippen LogP contribution is 2.22. The van der Waals surface area contributed by atoms with Crippen LogP contribution >= 0.6 is 0 Å². The fraction of sp³-hybridized carbons (Fsp3) is 0.846. The molecule has 0 aliphatic heterocycles. The van der Waals surface area contributed by atoms with Crippen molar-refractivity contribution in [3.8, 4) is 0 Å². The van der Waals surface area contributed by atoms with Crippen LogP contribution in [0.25, 0.3) is 0 Å². The molecule has 3 N–H and O–H groups in total. The molecule has 0 aliphatic carbocycles. The molecule has 1 atom stereocenters. The summed E-state index contributed by atoms with van der Waals surface area (Å²) in [6, 6.07) is -0.717. The largest absolute Gasteiger partial charge is 0.481 e. The maximum Gasteiger partial charge on any atom is 0.315 e. The van der Waals surface area contributed by atoms with Gasteiger partial charge in [0.25, 0.3) is 0 Å². The molecular weight excluding hydrogens is 232 g/mol. The molecule has 0 aliphatic rings. The second-order valence-corrected chi connectivity index (χ2v) is 6.35. The predicted octanol–water partition coefficient (Wildman–Crippen LogP) is 2.36. The van der Waals surface area contributed by atoms with Crippen molar-refractivity contribution in [2.24, 2.45) is 5.41 Å². The Morgan fingerprint density at radius 3 is 2.00 bits per heavy atom. The highest BCUT2D eigenvalue weighted by Gasteiger charge is 2.29. The number of carboxylic acid groups (broad SMARTS) is 1. The molecule has 5 nitrogen and oxygen atoms in total. The molecule has 0 bridgehead atoms. The average molecular weight is 258 g/mol. The fourth-order valence-corrected chi connectivity index (χ4v) is 1.34. The lowest BCUT2D eigenvalue weighted by Gasteiger charge is -2.32. The zero-order chi connectivity index (χ0) is 14.6. The van der Waals surface area contributed by atoms with Crippen molar-refractivity contribution in [1.82, 2.24) is 10.6 Å². The molecule has 0 rings (SSSR count). The molecule has 2 amide bonds. The van der Waals surface area contributed by atoms with Crippen LogP contribution in [0.4, 0.5) is 4.79 Å². The SMILES string of the molecule is CCC(C)(C)NC(=O)NC(CC(=O)O)C(C)(C)C. The van der Waals surface area contributed by atoms with E-state index in [-0.39, 0.29) is 23.4 Å². The first-order valence-corrected chi connectivity index (χ1v) is 6.28. The number of hydrogen-bond donors (Lipinski definition) is 3. The van der Waals surface area contributed by atoms with Crippen molar-refractivity contribution in [3.05, 3.63) is 0 Å². The van der Waals surface area contributed by atoms with Gasteiger partial charge >= 0.3 is 12.0 Å². The third-order valence-electron chi connectivity index (χ3n) is 3.07. The fourth-order valence-electron chi connectivity index (χ4n) is 1.34. The molecule has 0 fully saturated rings. The van der Waals surface area contributed by atoms with Gasteiger partial charge < -0.3 is 15.7 Å². The number of carbonyl (C=O) groups excluding carboxylic acids is 1. The standard InChI is InChI=1S/C13H26N2O3/c1-7-13(5,6)15-11(18)14-9(8-10(16)17)12(2,3)4/h9H,7-8H2,1-6H3,(H,16,17)(H2,14,15,18). The first kappa shape index (κ1) is 16.7. The van der Waals surface area contributed by atoms with E-state index in [4.69, 9.17) is 5.11 Å². The van der Waals surface area contributed by atoms with Crippen molar-refractivity contribution in [2.75, 3.05) is 0 Å². The molecule has 0 aromatic carbocycles. The number of carboxylic acids is 1. The normalized spacial score (nSPS) is 13.9. The zero-order valence-electron chi connectivity index (χ0n) is 12.3. The number of nitrogens with one attached hydrogen (secondary N) is 2. The van der Waals surface area contributed by atoms with Crippen LogP contribution in [-0.2, 0) is 4.79 Å². The predicted molar refractivity (Wildman–Crippen MR) is 71.5 cm³/mol. The Labute approximate surface area is 109 Å². The zero-order valence-corrected chi connectivity index (χ0v) is 12.3. The summed E-state index contributed by atoms with van der Waals surface area (Å²) in [4.78, 5) is 22.6. The van der Waals surface area contributed by atoms with Crippen LogP contribution in [0.5, 0.6) is 0 Å². The lowest BCUT2D eigenvalue weighted by Crippen LogP contribution is -2.54. The second-order valence-electron chi connectivity index (χ2n) is 6.35. The smallest absolute Gasteiger partial charge is 0.315 e. The lowest BCUT2D eigenvalue weighted by atomic mass is 9.85. The van der Waals surface area contributed by atoms with Crippen molar-refractivity contribution in [2.45, 2.75) is 66.0 Å². The number of amides is 2. The van der Waals surface area contributed by atoms with Gasteiger partial charge in [0.15, 0.2) is 0 Å². The quantitative estimate of drug-likeness (QED) is 0.708. The minimum absolute atomic E-state index is 0.0799. The number of carbonyl (C=O) groups is 2. The van der Waals surface area contributed by atoms with E-state index in [1.165, 1.54) is 0 Å². The van der Waals surface area contributed by atoms with E-state index in [1.54, 1.807) is 0 Å². The van der Waals surface area contributed by atoms with E-state index in [9.17, 15) is 9.59 Å². The van der Waals surface area contributed by atoms with Crippen molar-refractivity contribution in [3.63, 3.8) is 0 Å². The lowest BCUT2D eigenvalue weighted by molar-refractivity contribution is -0.138. The summed E-state index contributed by atoms with van der Waals surface area (Å²) in [5.74, 6) is -0.912. The molecule has 0 aromatic heterocycles. The van der Waals surface area contributed by atoms with Crippen LogP contribution < -0.4 is 10.6 Å². The third-order valence-corrected chi connectivity index (χ3v) is 3.07. The Kier molecular flexibility index (Phi) is 5.64. The highest BCUT2D eigenvalue weighted by molar-refractivity contribution is 5.76. The van der Waals surface area contributed by atoms with Gasteiger partial charge in [0.05, 0.1) is 6.42 Å². The Hall–Kier alpha value is -1.26. The van der Waals surface area contributed by atoms with E-state index in [2.05, 4.69) is 10.6 Å². The summed E-state index contributed by atoms with van der Waals surface area (Å²) < 4.78 is 0. The van der Waals surface area contributed by atoms with Gasteiger partial charge in [-0.25, -0.2) is 4.79 Å². The number of urea groups is 1. The van der Waals surface area contributed by atoms with Gasteiger partial charge in [0.2, 0.25) is 0 Å². The Bertz CT molecular complexity index is 306. The van der Waals surface area contributed by atoms with Gasteiger partial charge in [0, 0.05) is 11.6 Å². The summed E-state index contributed by atoms with van der Waals surface area (Å²) in [7, 11) is 0. The van der Waals surface area contributed by atoms with E-state index in [0.717, 1.165) is 6.42 Å². The van der Waals surface area contributed by atoms with E-state index in [0.29, 0.717) is 0 Å². The molecule has 0 saturated carbocycles. The van der Waals surface area contributed by atoms with Crippen LogP contribution in [0.3, 0.4) is 0 Å².